The van der Waals surface area contributed by atoms with E-state index in [9.17, 15) is 9.59 Å². The van der Waals surface area contributed by atoms with Crippen molar-refractivity contribution in [3.05, 3.63) is 46.2 Å². The minimum Gasteiger partial charge on any atom is -0.462 e. The number of hydrogen-bond acceptors (Lipinski definition) is 5. The van der Waals surface area contributed by atoms with E-state index in [-0.39, 0.29) is 19.1 Å². The minimum atomic E-state index is -0.474. The van der Waals surface area contributed by atoms with Crippen molar-refractivity contribution in [2.45, 2.75) is 13.5 Å². The molecule has 1 aromatic heterocycles. The first kappa shape index (κ1) is 15.0. The molecule has 0 aliphatic rings. The molecule has 0 saturated heterocycles. The van der Waals surface area contributed by atoms with E-state index < -0.39 is 5.97 Å². The van der Waals surface area contributed by atoms with Gasteiger partial charge in [-0.1, -0.05) is 12.1 Å². The van der Waals surface area contributed by atoms with Crippen LogP contribution in [-0.4, -0.2) is 23.1 Å². The fourth-order valence-electron chi connectivity index (χ4n) is 1.75. The SMILES string of the molecule is CCOC(=O)c1ccccc1NC(=O)Cn1ccsc1=N. The molecule has 1 aromatic carbocycles. The predicted octanol–water partition coefficient (Wildman–Crippen LogP) is 1.84. The average Bonchev–Trinajstić information content (AvgIpc) is 2.85. The van der Waals surface area contributed by atoms with Crippen LogP contribution in [0.3, 0.4) is 0 Å². The van der Waals surface area contributed by atoms with Gasteiger partial charge >= 0.3 is 5.97 Å². The fourth-order valence-corrected chi connectivity index (χ4v) is 2.35. The molecule has 0 bridgehead atoms. The molecule has 0 radical (unpaired) electrons. The van der Waals surface area contributed by atoms with Gasteiger partial charge in [0.25, 0.3) is 0 Å². The second-order valence-electron chi connectivity index (χ2n) is 4.15. The van der Waals surface area contributed by atoms with Crippen LogP contribution >= 0.6 is 11.3 Å². The first-order valence-electron chi connectivity index (χ1n) is 6.36. The predicted molar refractivity (Wildman–Crippen MR) is 79.2 cm³/mol. The molecule has 2 aromatic rings. The molecule has 0 fully saturated rings. The Balaban J connectivity index is 2.12. The molecule has 1 heterocycles. The zero-order valence-electron chi connectivity index (χ0n) is 11.5. The molecule has 2 rings (SSSR count). The van der Waals surface area contributed by atoms with Gasteiger partial charge in [-0.15, -0.1) is 11.3 Å². The Bertz CT molecular complexity index is 705. The monoisotopic (exact) mass is 305 g/mol. The van der Waals surface area contributed by atoms with Crippen LogP contribution in [0.25, 0.3) is 0 Å². The summed E-state index contributed by atoms with van der Waals surface area (Å²) in [6.45, 7) is 2.02. The molecule has 110 valence electrons. The lowest BCUT2D eigenvalue weighted by atomic mass is 10.2. The molecule has 0 saturated carbocycles. The molecule has 1 amide bonds. The molecule has 7 heteroatoms. The maximum Gasteiger partial charge on any atom is 0.340 e. The lowest BCUT2D eigenvalue weighted by Gasteiger charge is -2.10. The van der Waals surface area contributed by atoms with Crippen molar-refractivity contribution in [3.8, 4) is 0 Å². The van der Waals surface area contributed by atoms with Crippen LogP contribution in [0.1, 0.15) is 17.3 Å². The quantitative estimate of drug-likeness (QED) is 0.827. The van der Waals surface area contributed by atoms with Gasteiger partial charge in [-0.25, -0.2) is 4.79 Å². The minimum absolute atomic E-state index is 0.0273. The number of anilines is 1. The van der Waals surface area contributed by atoms with Crippen molar-refractivity contribution < 1.29 is 14.3 Å². The number of carbonyl (C=O) groups excluding carboxylic acids is 2. The van der Waals surface area contributed by atoms with E-state index in [1.54, 1.807) is 42.8 Å². The van der Waals surface area contributed by atoms with Crippen molar-refractivity contribution in [2.24, 2.45) is 0 Å². The van der Waals surface area contributed by atoms with Gasteiger partial charge in [-0.2, -0.15) is 0 Å². The number of ether oxygens (including phenoxy) is 1. The Morgan fingerprint density at radius 2 is 2.14 bits per heavy atom. The van der Waals surface area contributed by atoms with Crippen molar-refractivity contribution >= 4 is 28.9 Å². The average molecular weight is 305 g/mol. The van der Waals surface area contributed by atoms with Gasteiger partial charge in [0.05, 0.1) is 17.9 Å². The van der Waals surface area contributed by atoms with E-state index in [1.165, 1.54) is 15.9 Å². The van der Waals surface area contributed by atoms with Crippen molar-refractivity contribution in [1.82, 2.24) is 4.57 Å². The second-order valence-corrected chi connectivity index (χ2v) is 5.04. The first-order chi connectivity index (χ1) is 10.1. The Kier molecular flexibility index (Phi) is 4.89. The number of aromatic nitrogens is 1. The van der Waals surface area contributed by atoms with Gasteiger partial charge in [0.1, 0.15) is 6.54 Å². The third-order valence-electron chi connectivity index (χ3n) is 2.69. The van der Waals surface area contributed by atoms with E-state index >= 15 is 0 Å². The van der Waals surface area contributed by atoms with E-state index in [2.05, 4.69) is 5.32 Å². The van der Waals surface area contributed by atoms with Crippen molar-refractivity contribution in [3.63, 3.8) is 0 Å². The van der Waals surface area contributed by atoms with Gasteiger partial charge in [0, 0.05) is 11.6 Å². The maximum absolute atomic E-state index is 12.0. The molecule has 0 atom stereocenters. The third-order valence-corrected chi connectivity index (χ3v) is 3.41. The fraction of sp³-hybridized carbons (Fsp3) is 0.214. The summed E-state index contributed by atoms with van der Waals surface area (Å²) in [4.78, 5) is 24.1. The van der Waals surface area contributed by atoms with Crippen LogP contribution in [0.5, 0.6) is 0 Å². The molecule has 0 spiro atoms. The lowest BCUT2D eigenvalue weighted by molar-refractivity contribution is -0.116. The van der Waals surface area contributed by atoms with E-state index in [0.29, 0.717) is 16.1 Å². The summed E-state index contributed by atoms with van der Waals surface area (Å²) >= 11 is 1.24. The molecular formula is C14H15N3O3S. The summed E-state index contributed by atoms with van der Waals surface area (Å²) in [6.07, 6.45) is 1.67. The second kappa shape index (κ2) is 6.85. The molecule has 21 heavy (non-hydrogen) atoms. The summed E-state index contributed by atoms with van der Waals surface area (Å²) in [5, 5.41) is 12.0. The number of thiazole rings is 1. The summed E-state index contributed by atoms with van der Waals surface area (Å²) < 4.78 is 6.47. The van der Waals surface area contributed by atoms with E-state index in [0.717, 1.165) is 0 Å². The highest BCUT2D eigenvalue weighted by Gasteiger charge is 2.14. The van der Waals surface area contributed by atoms with Gasteiger partial charge in [-0.05, 0) is 19.1 Å². The summed E-state index contributed by atoms with van der Waals surface area (Å²) in [7, 11) is 0. The molecule has 2 N–H and O–H groups in total. The smallest absolute Gasteiger partial charge is 0.340 e. The number of amides is 1. The van der Waals surface area contributed by atoms with Crippen LogP contribution in [-0.2, 0) is 16.1 Å². The number of para-hydroxylation sites is 1. The van der Waals surface area contributed by atoms with Gasteiger partial charge in [0.15, 0.2) is 4.80 Å². The van der Waals surface area contributed by atoms with Crippen molar-refractivity contribution in [2.75, 3.05) is 11.9 Å². The number of benzene rings is 1. The van der Waals surface area contributed by atoms with Crippen molar-refractivity contribution in [1.29, 1.82) is 5.41 Å². The normalized spacial score (nSPS) is 10.1. The Labute approximate surface area is 125 Å². The lowest BCUT2D eigenvalue weighted by Crippen LogP contribution is -2.24. The van der Waals surface area contributed by atoms with Crippen LogP contribution < -0.4 is 10.1 Å². The Hall–Kier alpha value is -2.41. The van der Waals surface area contributed by atoms with Gasteiger partial charge in [0.2, 0.25) is 5.91 Å². The highest BCUT2D eigenvalue weighted by molar-refractivity contribution is 7.06. The van der Waals surface area contributed by atoms with Gasteiger partial charge < -0.3 is 14.6 Å². The van der Waals surface area contributed by atoms with Crippen LogP contribution in [0, 0.1) is 5.41 Å². The third kappa shape index (κ3) is 3.79. The Morgan fingerprint density at radius 3 is 2.81 bits per heavy atom. The summed E-state index contributed by atoms with van der Waals surface area (Å²) in [6, 6.07) is 6.68. The number of rotatable bonds is 5. The van der Waals surface area contributed by atoms with Crippen LogP contribution in [0.2, 0.25) is 0 Å². The molecule has 0 unspecified atom stereocenters. The zero-order chi connectivity index (χ0) is 15.2. The standard InChI is InChI=1S/C14H15N3O3S/c1-2-20-13(19)10-5-3-4-6-11(10)16-12(18)9-17-7-8-21-14(17)15/h3-8,15H,2,9H2,1H3,(H,16,18). The molecule has 6 nitrogen and oxygen atoms in total. The van der Waals surface area contributed by atoms with Crippen LogP contribution in [0.15, 0.2) is 35.8 Å². The number of nitrogens with zero attached hydrogens (tertiary/aromatic N) is 1. The first-order valence-corrected chi connectivity index (χ1v) is 7.24. The highest BCUT2D eigenvalue weighted by atomic mass is 32.1. The molecule has 0 aliphatic heterocycles. The van der Waals surface area contributed by atoms with E-state index in [1.807, 2.05) is 0 Å². The number of esters is 1. The van der Waals surface area contributed by atoms with E-state index in [4.69, 9.17) is 10.1 Å². The number of carbonyl (C=O) groups is 2. The van der Waals surface area contributed by atoms with Gasteiger partial charge in [-0.3, -0.25) is 10.2 Å². The topological polar surface area (TPSA) is 84.2 Å². The number of hydrogen-bond donors (Lipinski definition) is 2. The Morgan fingerprint density at radius 1 is 1.38 bits per heavy atom. The molecular weight excluding hydrogens is 290 g/mol. The summed E-state index contributed by atoms with van der Waals surface area (Å²) in [5.41, 5.74) is 0.720. The highest BCUT2D eigenvalue weighted by Crippen LogP contribution is 2.16. The maximum atomic E-state index is 12.0. The van der Waals surface area contributed by atoms with Crippen LogP contribution in [0.4, 0.5) is 5.69 Å². The number of nitrogens with one attached hydrogen (secondary N) is 2. The largest absolute Gasteiger partial charge is 0.462 e. The molecule has 0 aliphatic carbocycles. The zero-order valence-corrected chi connectivity index (χ0v) is 12.3. The summed E-state index contributed by atoms with van der Waals surface area (Å²) in [5.74, 6) is -0.776.